The zero-order valence-corrected chi connectivity index (χ0v) is 17.0. The van der Waals surface area contributed by atoms with Crippen LogP contribution >= 0.6 is 0 Å². The molecule has 3 N–H and O–H groups in total. The van der Waals surface area contributed by atoms with Crippen LogP contribution in [0.25, 0.3) is 0 Å². The van der Waals surface area contributed by atoms with Gasteiger partial charge < -0.3 is 15.0 Å². The molecule has 0 saturated carbocycles. The number of nitrogens with two attached hydrogens (primary N) is 1. The summed E-state index contributed by atoms with van der Waals surface area (Å²) in [7, 11) is -1.94. The molecule has 8 heteroatoms. The molecule has 29 heavy (non-hydrogen) atoms. The molecule has 0 bridgehead atoms. The van der Waals surface area contributed by atoms with E-state index in [2.05, 4.69) is 21.8 Å². The zero-order valence-electron chi connectivity index (χ0n) is 16.2. The molecule has 3 aromatic rings. The first-order chi connectivity index (χ1) is 13.9. The lowest BCUT2D eigenvalue weighted by Gasteiger charge is -2.32. The van der Waals surface area contributed by atoms with Crippen LogP contribution in [0.15, 0.2) is 66.1 Å². The summed E-state index contributed by atoms with van der Waals surface area (Å²) in [5.41, 5.74) is 9.44. The predicted octanol–water partition coefficient (Wildman–Crippen LogP) is 1.94. The van der Waals surface area contributed by atoms with Crippen molar-refractivity contribution < 1.29 is 13.2 Å². The average molecular weight is 413 g/mol. The molecule has 0 unspecified atom stereocenters. The number of imidazole rings is 1. The van der Waals surface area contributed by atoms with Crippen molar-refractivity contribution in [2.45, 2.75) is 30.0 Å². The Morgan fingerprint density at radius 3 is 2.72 bits per heavy atom. The van der Waals surface area contributed by atoms with Gasteiger partial charge in [0.25, 0.3) is 10.0 Å². The van der Waals surface area contributed by atoms with Crippen molar-refractivity contribution in [2.24, 2.45) is 12.8 Å². The third kappa shape index (κ3) is 4.34. The number of nitrogens with zero attached hydrogens (tertiary/aromatic N) is 2. The predicted molar refractivity (Wildman–Crippen MR) is 110 cm³/mol. The largest absolute Gasteiger partial charge is 0.492 e. The highest BCUT2D eigenvalue weighted by molar-refractivity contribution is 7.89. The maximum Gasteiger partial charge on any atom is 0.259 e. The van der Waals surface area contributed by atoms with Gasteiger partial charge in [0.05, 0.1) is 6.33 Å². The number of rotatable bonds is 6. The van der Waals surface area contributed by atoms with Gasteiger partial charge in [-0.3, -0.25) is 0 Å². The molecule has 0 radical (unpaired) electrons. The third-order valence-electron chi connectivity index (χ3n) is 5.14. The van der Waals surface area contributed by atoms with Crippen LogP contribution in [0.2, 0.25) is 0 Å². The van der Waals surface area contributed by atoms with Crippen molar-refractivity contribution in [3.63, 3.8) is 0 Å². The lowest BCUT2D eigenvalue weighted by Crippen LogP contribution is -2.39. The summed E-state index contributed by atoms with van der Waals surface area (Å²) in [6.07, 6.45) is 3.74. The van der Waals surface area contributed by atoms with Crippen LogP contribution in [0.3, 0.4) is 0 Å². The topological polar surface area (TPSA) is 99.2 Å². The van der Waals surface area contributed by atoms with Crippen LogP contribution < -0.4 is 15.2 Å². The normalized spacial score (nSPS) is 18.8. The monoisotopic (exact) mass is 412 g/mol. The van der Waals surface area contributed by atoms with Crippen LogP contribution in [-0.4, -0.2) is 30.6 Å². The van der Waals surface area contributed by atoms with Crippen molar-refractivity contribution in [1.29, 1.82) is 0 Å². The molecule has 7 nitrogen and oxygen atoms in total. The van der Waals surface area contributed by atoms with Crippen molar-refractivity contribution in [1.82, 2.24) is 14.3 Å². The number of aromatic nitrogens is 2. The van der Waals surface area contributed by atoms with Gasteiger partial charge in [-0.15, -0.1) is 0 Å². The Kier molecular flexibility index (Phi) is 5.40. The zero-order chi connectivity index (χ0) is 20.4. The molecule has 0 fully saturated rings. The van der Waals surface area contributed by atoms with Crippen LogP contribution in [0, 0.1) is 0 Å². The molecule has 1 aliphatic rings. The fourth-order valence-electron chi connectivity index (χ4n) is 3.57. The molecule has 0 aliphatic carbocycles. The van der Waals surface area contributed by atoms with Gasteiger partial charge in [-0.25, -0.2) is 18.1 Å². The van der Waals surface area contributed by atoms with E-state index in [1.807, 2.05) is 36.4 Å². The fraction of sp³-hybridized carbons (Fsp3) is 0.286. The van der Waals surface area contributed by atoms with Crippen LogP contribution in [0.5, 0.6) is 5.75 Å². The summed E-state index contributed by atoms with van der Waals surface area (Å²) in [6, 6.07) is 15.8. The lowest BCUT2D eigenvalue weighted by atomic mass is 9.84. The summed E-state index contributed by atoms with van der Waals surface area (Å²) in [5.74, 6) is 0.914. The summed E-state index contributed by atoms with van der Waals surface area (Å²) in [4.78, 5) is 3.91. The molecule has 152 valence electrons. The van der Waals surface area contributed by atoms with E-state index in [4.69, 9.17) is 10.5 Å². The van der Waals surface area contributed by atoms with E-state index in [9.17, 15) is 8.42 Å². The minimum atomic E-state index is -3.67. The van der Waals surface area contributed by atoms with Gasteiger partial charge in [-0.05, 0) is 29.2 Å². The Morgan fingerprint density at radius 2 is 2.00 bits per heavy atom. The number of ether oxygens (including phenoxy) is 1. The van der Waals surface area contributed by atoms with Crippen molar-refractivity contribution in [2.75, 3.05) is 6.61 Å². The lowest BCUT2D eigenvalue weighted by molar-refractivity contribution is 0.238. The highest BCUT2D eigenvalue weighted by Crippen LogP contribution is 2.36. The van der Waals surface area contributed by atoms with E-state index in [1.165, 1.54) is 18.1 Å². The number of aryl methyl sites for hydroxylation is 1. The molecular formula is C21H24N4O3S. The van der Waals surface area contributed by atoms with Gasteiger partial charge in [-0.1, -0.05) is 42.5 Å². The van der Waals surface area contributed by atoms with Crippen molar-refractivity contribution >= 4 is 10.0 Å². The SMILES string of the molecule is Cn1cnc(S(=O)(=O)NCc2ccc3c(c2)[C@@H](Cc2ccccc2)[C@@H](N)CO3)c1. The van der Waals surface area contributed by atoms with Gasteiger partial charge in [0.15, 0.2) is 5.03 Å². The molecule has 1 aliphatic heterocycles. The van der Waals surface area contributed by atoms with E-state index in [0.29, 0.717) is 6.61 Å². The smallest absolute Gasteiger partial charge is 0.259 e. The highest BCUT2D eigenvalue weighted by Gasteiger charge is 2.29. The summed E-state index contributed by atoms with van der Waals surface area (Å²) in [5, 5.41) is 0.00488. The quantitative estimate of drug-likeness (QED) is 0.645. The van der Waals surface area contributed by atoms with Crippen LogP contribution in [-0.2, 0) is 30.0 Å². The molecule has 2 aromatic carbocycles. The first-order valence-electron chi connectivity index (χ1n) is 9.45. The number of nitrogens with one attached hydrogen (secondary N) is 1. The molecule has 0 amide bonds. The standard InChI is InChI=1S/C21H24N4O3S/c1-25-12-21(23-14-25)29(26,27)24-11-16-7-8-20-18(10-16)17(19(22)13-28-20)9-15-5-3-2-4-6-15/h2-8,10,12,14,17,19,24H,9,11,13,22H2,1H3/t17-,19+/m1/s1. The summed E-state index contributed by atoms with van der Waals surface area (Å²) in [6.45, 7) is 0.635. The van der Waals surface area contributed by atoms with Crippen molar-refractivity contribution in [3.8, 4) is 5.75 Å². The Labute approximate surface area is 170 Å². The number of fused-ring (bicyclic) bond motifs is 1. The molecule has 0 saturated heterocycles. The van der Waals surface area contributed by atoms with E-state index in [1.54, 1.807) is 11.6 Å². The number of hydrogen-bond acceptors (Lipinski definition) is 5. The number of sulfonamides is 1. The second-order valence-corrected chi connectivity index (χ2v) is 9.06. The minimum Gasteiger partial charge on any atom is -0.492 e. The van der Waals surface area contributed by atoms with E-state index < -0.39 is 10.0 Å². The Balaban J connectivity index is 1.55. The maximum absolute atomic E-state index is 12.4. The van der Waals surface area contributed by atoms with Gasteiger partial charge in [0, 0.05) is 31.7 Å². The molecule has 4 rings (SSSR count). The van der Waals surface area contributed by atoms with E-state index in [-0.39, 0.29) is 23.5 Å². The number of benzene rings is 2. The van der Waals surface area contributed by atoms with E-state index in [0.717, 1.165) is 23.3 Å². The van der Waals surface area contributed by atoms with Crippen molar-refractivity contribution in [3.05, 3.63) is 77.7 Å². The molecule has 1 aromatic heterocycles. The Hall–Kier alpha value is -2.68. The van der Waals surface area contributed by atoms with Gasteiger partial charge >= 0.3 is 0 Å². The van der Waals surface area contributed by atoms with Gasteiger partial charge in [-0.2, -0.15) is 0 Å². The van der Waals surface area contributed by atoms with Crippen LogP contribution in [0.4, 0.5) is 0 Å². The summed E-state index contributed by atoms with van der Waals surface area (Å²) >= 11 is 0. The minimum absolute atomic E-state index is 0.00488. The molecule has 0 spiro atoms. The first-order valence-corrected chi connectivity index (χ1v) is 10.9. The third-order valence-corrected chi connectivity index (χ3v) is 6.43. The summed E-state index contributed by atoms with van der Waals surface area (Å²) < 4.78 is 34.9. The Bertz CT molecular complexity index is 1100. The molecule has 2 atom stereocenters. The first kappa shape index (κ1) is 19.6. The second kappa shape index (κ2) is 7.98. The Morgan fingerprint density at radius 1 is 1.21 bits per heavy atom. The van der Waals surface area contributed by atoms with E-state index >= 15 is 0 Å². The average Bonchev–Trinajstić information content (AvgIpc) is 3.17. The highest BCUT2D eigenvalue weighted by atomic mass is 32.2. The number of hydrogen-bond donors (Lipinski definition) is 2. The second-order valence-electron chi connectivity index (χ2n) is 7.35. The maximum atomic E-state index is 12.4. The molecular weight excluding hydrogens is 388 g/mol. The fourth-order valence-corrected chi connectivity index (χ4v) is 4.57. The van der Waals surface area contributed by atoms with Crippen LogP contribution in [0.1, 0.15) is 22.6 Å². The van der Waals surface area contributed by atoms with Gasteiger partial charge in [0.2, 0.25) is 0 Å². The molecule has 2 heterocycles. The van der Waals surface area contributed by atoms with Gasteiger partial charge in [0.1, 0.15) is 12.4 Å².